The molecule has 2 amide bonds. The summed E-state index contributed by atoms with van der Waals surface area (Å²) < 4.78 is 4.65. The van der Waals surface area contributed by atoms with Crippen molar-refractivity contribution in [1.29, 1.82) is 0 Å². The first-order chi connectivity index (χ1) is 17.4. The zero-order chi connectivity index (χ0) is 25.9. The van der Waals surface area contributed by atoms with Gasteiger partial charge in [0.1, 0.15) is 6.17 Å². The van der Waals surface area contributed by atoms with Crippen LogP contribution in [0.3, 0.4) is 0 Å². The number of anilines is 1. The Morgan fingerprint density at radius 1 is 1.06 bits per heavy atom. The number of aromatic nitrogens is 1. The van der Waals surface area contributed by atoms with Crippen LogP contribution in [0.1, 0.15) is 31.7 Å². The van der Waals surface area contributed by atoms with Crippen molar-refractivity contribution in [3.05, 3.63) is 78.5 Å². The lowest BCUT2D eigenvalue weighted by Crippen LogP contribution is -2.53. The second kappa shape index (κ2) is 13.1. The lowest BCUT2D eigenvalue weighted by molar-refractivity contribution is -0.140. The van der Waals surface area contributed by atoms with Gasteiger partial charge in [-0.25, -0.2) is 0 Å². The summed E-state index contributed by atoms with van der Waals surface area (Å²) in [4.78, 5) is 42.9. The Morgan fingerprint density at radius 2 is 1.81 bits per heavy atom. The van der Waals surface area contributed by atoms with Crippen LogP contribution in [-0.4, -0.2) is 46.1 Å². The molecule has 0 bridgehead atoms. The van der Waals surface area contributed by atoms with E-state index in [1.54, 1.807) is 19.2 Å². The maximum absolute atomic E-state index is 13.2. The van der Waals surface area contributed by atoms with Gasteiger partial charge in [0.15, 0.2) is 5.11 Å². The monoisotopic (exact) mass is 504 g/mol. The van der Waals surface area contributed by atoms with Gasteiger partial charge in [-0.15, -0.1) is 0 Å². The Labute approximate surface area is 215 Å². The van der Waals surface area contributed by atoms with Crippen LogP contribution in [0.2, 0.25) is 0 Å². The molecule has 1 unspecified atom stereocenters. The van der Waals surface area contributed by atoms with Gasteiger partial charge in [0.2, 0.25) is 11.8 Å². The van der Waals surface area contributed by atoms with E-state index >= 15 is 0 Å². The summed E-state index contributed by atoms with van der Waals surface area (Å²) in [5.41, 5.74) is 2.20. The number of rotatable bonds is 9. The fourth-order valence-electron chi connectivity index (χ4n) is 3.55. The van der Waals surface area contributed by atoms with Crippen LogP contribution >= 0.6 is 12.2 Å². The van der Waals surface area contributed by atoms with Crippen molar-refractivity contribution in [2.45, 2.75) is 32.4 Å². The molecule has 8 nitrogen and oxygen atoms in total. The van der Waals surface area contributed by atoms with Gasteiger partial charge in [-0.1, -0.05) is 48.5 Å². The molecule has 2 aromatic carbocycles. The first-order valence-corrected chi connectivity index (χ1v) is 11.9. The summed E-state index contributed by atoms with van der Waals surface area (Å²) in [6.07, 6.45) is 4.43. The fraction of sp³-hybridized carbons (Fsp3) is 0.222. The first-order valence-electron chi connectivity index (χ1n) is 11.5. The third kappa shape index (κ3) is 7.44. The normalized spacial score (nSPS) is 11.6. The lowest BCUT2D eigenvalue weighted by Gasteiger charge is -2.30. The van der Waals surface area contributed by atoms with Crippen LogP contribution in [0.4, 0.5) is 5.69 Å². The maximum Gasteiger partial charge on any atom is 0.305 e. The molecule has 9 heteroatoms. The van der Waals surface area contributed by atoms with E-state index in [1.165, 1.54) is 18.1 Å². The van der Waals surface area contributed by atoms with Crippen molar-refractivity contribution in [1.82, 2.24) is 15.2 Å². The molecule has 0 radical (unpaired) electrons. The SMILES string of the molecule is COC(=O)CCCC(=O)N(C(=S)Nc1cccc2cccnc12)C(C)NC(=O)/C=C/c1ccccc1. The number of methoxy groups -OCH3 is 1. The lowest BCUT2D eigenvalue weighted by atomic mass is 10.2. The van der Waals surface area contributed by atoms with Gasteiger partial charge in [0.25, 0.3) is 0 Å². The van der Waals surface area contributed by atoms with E-state index in [1.807, 2.05) is 60.7 Å². The Balaban J connectivity index is 1.76. The summed E-state index contributed by atoms with van der Waals surface area (Å²) in [7, 11) is 1.30. The highest BCUT2D eigenvalue weighted by atomic mass is 32.1. The highest BCUT2D eigenvalue weighted by Gasteiger charge is 2.25. The minimum absolute atomic E-state index is 0.0464. The van der Waals surface area contributed by atoms with E-state index in [2.05, 4.69) is 20.4 Å². The molecule has 186 valence electrons. The highest BCUT2D eigenvalue weighted by Crippen LogP contribution is 2.21. The number of carbonyl (C=O) groups excluding carboxylic acids is 3. The molecule has 0 spiro atoms. The van der Waals surface area contributed by atoms with Gasteiger partial charge in [0, 0.05) is 30.5 Å². The minimum Gasteiger partial charge on any atom is -0.469 e. The molecule has 3 aromatic rings. The highest BCUT2D eigenvalue weighted by molar-refractivity contribution is 7.80. The van der Waals surface area contributed by atoms with Crippen LogP contribution in [0.25, 0.3) is 17.0 Å². The average molecular weight is 505 g/mol. The third-order valence-corrected chi connectivity index (χ3v) is 5.62. The van der Waals surface area contributed by atoms with E-state index in [-0.39, 0.29) is 36.2 Å². The van der Waals surface area contributed by atoms with Crippen molar-refractivity contribution in [3.8, 4) is 0 Å². The predicted octanol–water partition coefficient (Wildman–Crippen LogP) is 4.28. The summed E-state index contributed by atoms with van der Waals surface area (Å²) >= 11 is 5.60. The first kappa shape index (κ1) is 26.5. The molecule has 0 saturated carbocycles. The molecule has 0 fully saturated rings. The average Bonchev–Trinajstić information content (AvgIpc) is 2.88. The van der Waals surface area contributed by atoms with Crippen LogP contribution in [0.5, 0.6) is 0 Å². The van der Waals surface area contributed by atoms with Gasteiger partial charge in [-0.2, -0.15) is 0 Å². The van der Waals surface area contributed by atoms with Crippen LogP contribution in [-0.2, 0) is 19.1 Å². The molecule has 0 aliphatic heterocycles. The van der Waals surface area contributed by atoms with Crippen LogP contribution in [0, 0.1) is 0 Å². The molecule has 36 heavy (non-hydrogen) atoms. The molecule has 3 rings (SSSR count). The molecule has 0 saturated heterocycles. The topological polar surface area (TPSA) is 101 Å². The molecule has 1 aromatic heterocycles. The molecule has 1 atom stereocenters. The zero-order valence-electron chi connectivity index (χ0n) is 20.1. The van der Waals surface area contributed by atoms with E-state index in [9.17, 15) is 14.4 Å². The van der Waals surface area contributed by atoms with E-state index in [0.29, 0.717) is 11.2 Å². The number of hydrogen-bond donors (Lipinski definition) is 2. The van der Waals surface area contributed by atoms with Crippen molar-refractivity contribution in [3.63, 3.8) is 0 Å². The number of hydrogen-bond acceptors (Lipinski definition) is 6. The summed E-state index contributed by atoms with van der Waals surface area (Å²) in [6.45, 7) is 1.67. The largest absolute Gasteiger partial charge is 0.469 e. The molecule has 2 N–H and O–H groups in total. The summed E-state index contributed by atoms with van der Waals surface area (Å²) in [6, 6.07) is 18.8. The summed E-state index contributed by atoms with van der Waals surface area (Å²) in [5, 5.41) is 6.91. The standard InChI is InChI=1S/C27H28N4O4S/c1-19(29-23(32)17-16-20-9-4-3-5-10-20)31(24(33)14-7-15-25(34)35-2)27(36)30-22-13-6-11-21-12-8-18-28-26(21)22/h3-6,8-13,16-19H,7,14-15H2,1-2H3,(H,29,32)(H,30,36)/b17-16+. The van der Waals surface area contributed by atoms with Crippen molar-refractivity contribution >= 4 is 57.8 Å². The van der Waals surface area contributed by atoms with Gasteiger partial charge in [-0.3, -0.25) is 24.3 Å². The zero-order valence-corrected chi connectivity index (χ0v) is 21.0. The Kier molecular flexibility index (Phi) is 9.64. The van der Waals surface area contributed by atoms with Gasteiger partial charge < -0.3 is 15.4 Å². The van der Waals surface area contributed by atoms with E-state index in [4.69, 9.17) is 12.2 Å². The van der Waals surface area contributed by atoms with Crippen LogP contribution < -0.4 is 10.6 Å². The molecule has 0 aliphatic rings. The number of nitrogens with zero attached hydrogens (tertiary/aromatic N) is 2. The van der Waals surface area contributed by atoms with Gasteiger partial charge in [-0.05, 0) is 49.3 Å². The van der Waals surface area contributed by atoms with Crippen molar-refractivity contribution < 1.29 is 19.1 Å². The number of fused-ring (bicyclic) bond motifs is 1. The second-order valence-corrected chi connectivity index (χ2v) is 8.32. The number of para-hydroxylation sites is 1. The van der Waals surface area contributed by atoms with E-state index in [0.717, 1.165) is 10.9 Å². The van der Waals surface area contributed by atoms with Crippen molar-refractivity contribution in [2.24, 2.45) is 0 Å². The summed E-state index contributed by atoms with van der Waals surface area (Å²) in [5.74, 6) is -1.12. The Bertz CT molecular complexity index is 1260. The van der Waals surface area contributed by atoms with Crippen LogP contribution in [0.15, 0.2) is 72.9 Å². The molecule has 1 heterocycles. The predicted molar refractivity (Wildman–Crippen MR) is 144 cm³/mol. The number of nitrogens with one attached hydrogen (secondary N) is 2. The minimum atomic E-state index is -0.758. The Hall–Kier alpha value is -4.11. The molecular weight excluding hydrogens is 476 g/mol. The third-order valence-electron chi connectivity index (χ3n) is 5.33. The number of esters is 1. The smallest absolute Gasteiger partial charge is 0.305 e. The fourth-order valence-corrected chi connectivity index (χ4v) is 3.92. The maximum atomic E-state index is 13.2. The van der Waals surface area contributed by atoms with Crippen molar-refractivity contribution in [2.75, 3.05) is 12.4 Å². The number of thiocarbonyl (C=S) groups is 1. The molecule has 0 aliphatic carbocycles. The van der Waals surface area contributed by atoms with Gasteiger partial charge in [0.05, 0.1) is 18.3 Å². The van der Waals surface area contributed by atoms with E-state index < -0.39 is 12.1 Å². The Morgan fingerprint density at radius 3 is 2.56 bits per heavy atom. The quantitative estimate of drug-likeness (QED) is 0.194. The number of amides is 2. The number of benzene rings is 2. The van der Waals surface area contributed by atoms with Gasteiger partial charge >= 0.3 is 5.97 Å². The number of ether oxygens (including phenoxy) is 1. The molecular formula is C27H28N4O4S. The second-order valence-electron chi connectivity index (χ2n) is 7.93. The number of pyridine rings is 1. The number of carbonyl (C=O) groups is 3.